The van der Waals surface area contributed by atoms with Crippen molar-refractivity contribution in [2.24, 2.45) is 5.92 Å². The highest BCUT2D eigenvalue weighted by molar-refractivity contribution is 8.00. The van der Waals surface area contributed by atoms with Crippen LogP contribution in [0, 0.1) is 5.92 Å². The predicted molar refractivity (Wildman–Crippen MR) is 103 cm³/mol. The van der Waals surface area contributed by atoms with E-state index < -0.39 is 23.3 Å². The average Bonchev–Trinajstić information content (AvgIpc) is 3.40. The normalized spacial score (nSPS) is 27.5. The number of nitrogens with zero attached hydrogens (tertiary/aromatic N) is 2. The zero-order chi connectivity index (χ0) is 21.0. The number of amides is 1. The summed E-state index contributed by atoms with van der Waals surface area (Å²) < 4.78 is 44.4. The van der Waals surface area contributed by atoms with Gasteiger partial charge in [-0.2, -0.15) is 13.2 Å². The molecule has 0 unspecified atom stereocenters. The van der Waals surface area contributed by atoms with Crippen molar-refractivity contribution < 1.29 is 27.8 Å². The number of hydrogen-bond donors (Lipinski definition) is 1. The van der Waals surface area contributed by atoms with Crippen molar-refractivity contribution in [2.75, 3.05) is 26.2 Å². The summed E-state index contributed by atoms with van der Waals surface area (Å²) in [6.07, 6.45) is 1.35. The number of ether oxygens (including phenoxy) is 1. The topological polar surface area (TPSA) is 53.0 Å². The van der Waals surface area contributed by atoms with Crippen LogP contribution in [0.1, 0.15) is 38.3 Å². The standard InChI is InChI=1S/C20H25F3N2O3S/c1-19(2)18(27)17(25-8-7-24(11-16(25)26)10-12-3-4-12)14-9-13(29-20(21,22)23)5-6-15(14)28-19/h5-6,9,12,17-18,27H,3-4,7-8,10-11H2,1-2H3/t17-,18+/m1/s1. The first-order chi connectivity index (χ1) is 13.5. The maximum Gasteiger partial charge on any atom is 0.446 e. The van der Waals surface area contributed by atoms with Crippen LogP contribution in [0.3, 0.4) is 0 Å². The molecule has 1 saturated heterocycles. The summed E-state index contributed by atoms with van der Waals surface area (Å²) in [6.45, 7) is 5.75. The van der Waals surface area contributed by atoms with Crippen molar-refractivity contribution in [3.63, 3.8) is 0 Å². The molecule has 0 spiro atoms. The Balaban J connectivity index is 1.63. The molecule has 2 atom stereocenters. The molecule has 9 heteroatoms. The van der Waals surface area contributed by atoms with E-state index in [1.54, 1.807) is 18.7 Å². The number of halogens is 3. The number of aliphatic hydroxyl groups is 1. The maximum atomic E-state index is 12.9. The van der Waals surface area contributed by atoms with Gasteiger partial charge in [-0.15, -0.1) is 0 Å². The molecular formula is C20H25F3N2O3S. The van der Waals surface area contributed by atoms with Crippen LogP contribution in [0.25, 0.3) is 0 Å². The van der Waals surface area contributed by atoms with Crippen LogP contribution < -0.4 is 4.74 Å². The zero-order valence-corrected chi connectivity index (χ0v) is 17.2. The average molecular weight is 430 g/mol. The van der Waals surface area contributed by atoms with Crippen molar-refractivity contribution in [2.45, 2.75) is 54.8 Å². The molecule has 1 aliphatic carbocycles. The van der Waals surface area contributed by atoms with Crippen LogP contribution in [0.15, 0.2) is 23.1 Å². The second-order valence-corrected chi connectivity index (χ2v) is 9.75. The number of fused-ring (bicyclic) bond motifs is 1. The van der Waals surface area contributed by atoms with E-state index in [-0.39, 0.29) is 29.1 Å². The minimum atomic E-state index is -4.42. The van der Waals surface area contributed by atoms with Crippen molar-refractivity contribution in [1.82, 2.24) is 9.80 Å². The lowest BCUT2D eigenvalue weighted by Crippen LogP contribution is -2.59. The molecule has 3 aliphatic rings. The van der Waals surface area contributed by atoms with E-state index >= 15 is 0 Å². The number of carbonyl (C=O) groups is 1. The Kier molecular flexibility index (Phi) is 5.28. The molecule has 1 amide bonds. The smallest absolute Gasteiger partial charge is 0.446 e. The molecule has 2 heterocycles. The number of alkyl halides is 3. The number of benzene rings is 1. The molecular weight excluding hydrogens is 405 g/mol. The van der Waals surface area contributed by atoms with Crippen LogP contribution in [-0.2, 0) is 4.79 Å². The second-order valence-electron chi connectivity index (χ2n) is 8.61. The molecule has 29 heavy (non-hydrogen) atoms. The quantitative estimate of drug-likeness (QED) is 0.742. The van der Waals surface area contributed by atoms with E-state index in [0.29, 0.717) is 30.3 Å². The fourth-order valence-electron chi connectivity index (χ4n) is 4.13. The minimum Gasteiger partial charge on any atom is -0.485 e. The van der Waals surface area contributed by atoms with Gasteiger partial charge in [-0.1, -0.05) is 0 Å². The summed E-state index contributed by atoms with van der Waals surface area (Å²) in [6, 6.07) is 3.51. The number of aliphatic hydroxyl groups excluding tert-OH is 1. The van der Waals surface area contributed by atoms with E-state index in [4.69, 9.17) is 4.74 Å². The highest BCUT2D eigenvalue weighted by Crippen LogP contribution is 2.46. The molecule has 0 bridgehead atoms. The lowest BCUT2D eigenvalue weighted by Gasteiger charge is -2.48. The van der Waals surface area contributed by atoms with Crippen molar-refractivity contribution in [3.8, 4) is 5.75 Å². The molecule has 1 aromatic carbocycles. The molecule has 2 fully saturated rings. The third kappa shape index (κ3) is 4.51. The molecule has 1 aromatic rings. The number of piperazine rings is 1. The van der Waals surface area contributed by atoms with Crippen molar-refractivity contribution in [1.29, 1.82) is 0 Å². The van der Waals surface area contributed by atoms with E-state index in [1.165, 1.54) is 31.0 Å². The highest BCUT2D eigenvalue weighted by atomic mass is 32.2. The largest absolute Gasteiger partial charge is 0.485 e. The van der Waals surface area contributed by atoms with Gasteiger partial charge in [0.15, 0.2) is 0 Å². The lowest BCUT2D eigenvalue weighted by molar-refractivity contribution is -0.150. The van der Waals surface area contributed by atoms with Gasteiger partial charge in [-0.25, -0.2) is 0 Å². The third-order valence-electron chi connectivity index (χ3n) is 5.80. The fourth-order valence-corrected chi connectivity index (χ4v) is 4.72. The summed E-state index contributed by atoms with van der Waals surface area (Å²) in [5, 5.41) is 11.0. The Morgan fingerprint density at radius 3 is 2.62 bits per heavy atom. The summed E-state index contributed by atoms with van der Waals surface area (Å²) in [5.74, 6) is 0.966. The molecule has 0 aromatic heterocycles. The zero-order valence-electron chi connectivity index (χ0n) is 16.4. The van der Waals surface area contributed by atoms with E-state index in [1.807, 2.05) is 0 Å². The first-order valence-electron chi connectivity index (χ1n) is 9.82. The van der Waals surface area contributed by atoms with Gasteiger partial charge in [-0.3, -0.25) is 9.69 Å². The summed E-state index contributed by atoms with van der Waals surface area (Å²) in [5.41, 5.74) is -4.96. The van der Waals surface area contributed by atoms with Crippen molar-refractivity contribution >= 4 is 17.7 Å². The van der Waals surface area contributed by atoms with Crippen LogP contribution in [0.4, 0.5) is 13.2 Å². The van der Waals surface area contributed by atoms with E-state index in [2.05, 4.69) is 4.90 Å². The first-order valence-corrected chi connectivity index (χ1v) is 10.6. The first kappa shape index (κ1) is 20.8. The maximum absolute atomic E-state index is 12.9. The Hall–Kier alpha value is -1.45. The number of hydrogen-bond acceptors (Lipinski definition) is 5. The van der Waals surface area contributed by atoms with Gasteiger partial charge in [0, 0.05) is 30.1 Å². The summed E-state index contributed by atoms with van der Waals surface area (Å²) in [7, 11) is 0. The Bertz CT molecular complexity index is 798. The Labute approximate surface area is 172 Å². The molecule has 5 nitrogen and oxygen atoms in total. The SMILES string of the molecule is CC1(C)Oc2ccc(SC(F)(F)F)cc2[C@@H](N2CCN(CC3CC3)CC2=O)[C@@H]1O. The number of carbonyl (C=O) groups excluding carboxylic acids is 1. The van der Waals surface area contributed by atoms with Crippen molar-refractivity contribution in [3.05, 3.63) is 23.8 Å². The lowest BCUT2D eigenvalue weighted by atomic mass is 9.85. The van der Waals surface area contributed by atoms with Crippen LogP contribution in [0.2, 0.25) is 0 Å². The Morgan fingerprint density at radius 2 is 2.00 bits per heavy atom. The molecule has 4 rings (SSSR count). The van der Waals surface area contributed by atoms with E-state index in [9.17, 15) is 23.1 Å². The second kappa shape index (κ2) is 7.35. The van der Waals surface area contributed by atoms with Gasteiger partial charge < -0.3 is 14.7 Å². The van der Waals surface area contributed by atoms with Gasteiger partial charge in [0.25, 0.3) is 0 Å². The van der Waals surface area contributed by atoms with Gasteiger partial charge in [0.2, 0.25) is 5.91 Å². The van der Waals surface area contributed by atoms with Gasteiger partial charge in [0.1, 0.15) is 17.5 Å². The third-order valence-corrected chi connectivity index (χ3v) is 6.52. The monoisotopic (exact) mass is 430 g/mol. The molecule has 2 aliphatic heterocycles. The van der Waals surface area contributed by atoms with E-state index in [0.717, 1.165) is 6.54 Å². The predicted octanol–water partition coefficient (Wildman–Crippen LogP) is 3.43. The molecule has 1 saturated carbocycles. The summed E-state index contributed by atoms with van der Waals surface area (Å²) >= 11 is -0.211. The van der Waals surface area contributed by atoms with Crippen LogP contribution in [0.5, 0.6) is 5.75 Å². The summed E-state index contributed by atoms with van der Waals surface area (Å²) in [4.78, 5) is 16.7. The number of thioether (sulfide) groups is 1. The molecule has 0 radical (unpaired) electrons. The van der Waals surface area contributed by atoms with Gasteiger partial charge >= 0.3 is 5.51 Å². The molecule has 160 valence electrons. The fraction of sp³-hybridized carbons (Fsp3) is 0.650. The Morgan fingerprint density at radius 1 is 1.28 bits per heavy atom. The van der Waals surface area contributed by atoms with Crippen LogP contribution >= 0.6 is 11.8 Å². The minimum absolute atomic E-state index is 0.0107. The highest BCUT2D eigenvalue weighted by Gasteiger charge is 2.48. The van der Waals surface area contributed by atoms with Crippen LogP contribution in [-0.4, -0.2) is 64.2 Å². The molecule has 1 N–H and O–H groups in total. The van der Waals surface area contributed by atoms with Gasteiger partial charge in [-0.05, 0) is 62.6 Å². The number of rotatable bonds is 4. The van der Waals surface area contributed by atoms with Gasteiger partial charge in [0.05, 0.1) is 12.6 Å².